The van der Waals surface area contributed by atoms with Crippen LogP contribution in [0.3, 0.4) is 0 Å². The van der Waals surface area contributed by atoms with Crippen LogP contribution in [0.25, 0.3) is 11.5 Å². The fourth-order valence-electron chi connectivity index (χ4n) is 3.30. The van der Waals surface area contributed by atoms with Crippen molar-refractivity contribution in [2.24, 2.45) is 0 Å². The maximum atomic E-state index is 5.92. The zero-order chi connectivity index (χ0) is 24.1. The fourth-order valence-corrected chi connectivity index (χ4v) is 4.85. The van der Waals surface area contributed by atoms with E-state index in [9.17, 15) is 0 Å². The van der Waals surface area contributed by atoms with Crippen LogP contribution < -0.4 is 9.46 Å². The van der Waals surface area contributed by atoms with Crippen LogP contribution in [0.4, 0.5) is 5.95 Å². The van der Waals surface area contributed by atoms with E-state index < -0.39 is 0 Å². The Morgan fingerprint density at radius 2 is 1.91 bits per heavy atom. The summed E-state index contributed by atoms with van der Waals surface area (Å²) in [4.78, 5) is 18.4. The highest BCUT2D eigenvalue weighted by atomic mass is 35.5. The molecule has 0 fully saturated rings. The first-order chi connectivity index (χ1) is 16.5. The molecular formula is C21H23ClN8O2S2. The molecule has 0 aliphatic carbocycles. The van der Waals surface area contributed by atoms with Crippen molar-refractivity contribution in [3.8, 4) is 17.4 Å². The van der Waals surface area contributed by atoms with Crippen molar-refractivity contribution in [3.63, 3.8) is 0 Å². The summed E-state index contributed by atoms with van der Waals surface area (Å²) in [5.74, 6) is 2.24. The summed E-state index contributed by atoms with van der Waals surface area (Å²) < 4.78 is 16.3. The molecule has 10 nitrogen and oxygen atoms in total. The normalized spacial score (nSPS) is 13.9. The van der Waals surface area contributed by atoms with E-state index in [2.05, 4.69) is 41.8 Å². The van der Waals surface area contributed by atoms with Gasteiger partial charge in [-0.25, -0.2) is 15.0 Å². The van der Waals surface area contributed by atoms with Crippen molar-refractivity contribution in [2.75, 3.05) is 18.9 Å². The molecule has 0 bridgehead atoms. The Labute approximate surface area is 210 Å². The van der Waals surface area contributed by atoms with Crippen molar-refractivity contribution in [1.82, 2.24) is 34.7 Å². The van der Waals surface area contributed by atoms with Crippen LogP contribution >= 0.6 is 34.9 Å². The van der Waals surface area contributed by atoms with Gasteiger partial charge in [-0.1, -0.05) is 17.7 Å². The number of ether oxygens (including phenoxy) is 2. The minimum absolute atomic E-state index is 0.0616. The number of nitrogens with one attached hydrogen (secondary N) is 1. The van der Waals surface area contributed by atoms with Gasteiger partial charge in [0.1, 0.15) is 11.8 Å². The van der Waals surface area contributed by atoms with E-state index >= 15 is 0 Å². The van der Waals surface area contributed by atoms with E-state index in [1.54, 1.807) is 49.5 Å². The number of hydrogen-bond donors (Lipinski definition) is 1. The lowest BCUT2D eigenvalue weighted by Crippen LogP contribution is -2.19. The van der Waals surface area contributed by atoms with Crippen molar-refractivity contribution in [1.29, 1.82) is 0 Å². The van der Waals surface area contributed by atoms with Gasteiger partial charge in [0, 0.05) is 36.6 Å². The molecule has 0 aliphatic rings. The Hall–Kier alpha value is -2.80. The Morgan fingerprint density at radius 3 is 2.59 bits per heavy atom. The minimum Gasteiger partial charge on any atom is -0.481 e. The van der Waals surface area contributed by atoms with Crippen molar-refractivity contribution in [3.05, 3.63) is 58.0 Å². The van der Waals surface area contributed by atoms with Crippen LogP contribution in [0.1, 0.15) is 36.7 Å². The van der Waals surface area contributed by atoms with Crippen molar-refractivity contribution in [2.45, 2.75) is 31.2 Å². The Morgan fingerprint density at radius 1 is 1.12 bits per heavy atom. The number of halogens is 1. The van der Waals surface area contributed by atoms with Gasteiger partial charge in [0.25, 0.3) is 0 Å². The van der Waals surface area contributed by atoms with E-state index in [1.165, 1.54) is 11.9 Å². The van der Waals surface area contributed by atoms with Crippen LogP contribution in [0, 0.1) is 0 Å². The van der Waals surface area contributed by atoms with Gasteiger partial charge in [-0.3, -0.25) is 14.3 Å². The number of methoxy groups -OCH3 is 2. The molecule has 0 saturated heterocycles. The molecule has 4 aromatic heterocycles. The lowest BCUT2D eigenvalue weighted by atomic mass is 10.2. The van der Waals surface area contributed by atoms with Crippen LogP contribution in [0.5, 0.6) is 5.88 Å². The largest absolute Gasteiger partial charge is 0.481 e. The first-order valence-corrected chi connectivity index (χ1v) is 12.4. The predicted molar refractivity (Wildman–Crippen MR) is 133 cm³/mol. The van der Waals surface area contributed by atoms with Crippen LogP contribution in [-0.4, -0.2) is 54.2 Å². The molecule has 34 heavy (non-hydrogen) atoms. The zero-order valence-electron chi connectivity index (χ0n) is 18.9. The van der Waals surface area contributed by atoms with Gasteiger partial charge >= 0.3 is 0 Å². The quantitative estimate of drug-likeness (QED) is 0.296. The molecule has 0 amide bonds. The summed E-state index contributed by atoms with van der Waals surface area (Å²) in [5.41, 5.74) is 2.46. The number of thiazole rings is 1. The lowest BCUT2D eigenvalue weighted by Gasteiger charge is -2.22. The first-order valence-electron chi connectivity index (χ1n) is 10.3. The second-order valence-electron chi connectivity index (χ2n) is 7.20. The third-order valence-electron chi connectivity index (χ3n) is 5.02. The molecule has 2 unspecified atom stereocenters. The zero-order valence-corrected chi connectivity index (χ0v) is 21.3. The summed E-state index contributed by atoms with van der Waals surface area (Å²) in [5, 5.41) is 9.26. The molecule has 4 aromatic rings. The second kappa shape index (κ2) is 11.1. The Bertz CT molecular complexity index is 1210. The highest BCUT2D eigenvalue weighted by Crippen LogP contribution is 2.33. The predicted octanol–water partition coefficient (Wildman–Crippen LogP) is 4.69. The second-order valence-corrected chi connectivity index (χ2v) is 9.74. The molecule has 4 rings (SSSR count). The number of pyridine rings is 1. The van der Waals surface area contributed by atoms with E-state index in [1.807, 2.05) is 29.8 Å². The lowest BCUT2D eigenvalue weighted by molar-refractivity contribution is 0.0972. The number of hydrogen-bond acceptors (Lipinski definition) is 11. The molecule has 178 valence electrons. The monoisotopic (exact) mass is 518 g/mol. The van der Waals surface area contributed by atoms with Gasteiger partial charge in [0.2, 0.25) is 11.8 Å². The molecule has 1 N–H and O–H groups in total. The summed E-state index contributed by atoms with van der Waals surface area (Å²) in [7, 11) is 3.21. The van der Waals surface area contributed by atoms with Gasteiger partial charge in [0.15, 0.2) is 11.6 Å². The number of nitrogens with zero attached hydrogens (tertiary/aromatic N) is 7. The first kappa shape index (κ1) is 24.3. The van der Waals surface area contributed by atoms with Gasteiger partial charge in [-0.05, 0) is 31.9 Å². The van der Waals surface area contributed by atoms with Crippen LogP contribution in [0.15, 0.2) is 42.3 Å². The molecule has 13 heteroatoms. The van der Waals surface area contributed by atoms with Gasteiger partial charge in [0.05, 0.1) is 28.9 Å². The van der Waals surface area contributed by atoms with E-state index in [0.717, 1.165) is 4.88 Å². The van der Waals surface area contributed by atoms with Gasteiger partial charge < -0.3 is 9.47 Å². The highest BCUT2D eigenvalue weighted by molar-refractivity contribution is 8.01. The molecule has 0 aliphatic heterocycles. The summed E-state index contributed by atoms with van der Waals surface area (Å²) in [6, 6.07) is 5.45. The fraction of sp³-hybridized carbons (Fsp3) is 0.333. The Balaban J connectivity index is 1.62. The summed E-state index contributed by atoms with van der Waals surface area (Å²) in [6.07, 6.45) is 4.60. The summed E-state index contributed by atoms with van der Waals surface area (Å²) in [6.45, 7) is 4.08. The molecule has 3 atom stereocenters. The molecular weight excluding hydrogens is 496 g/mol. The van der Waals surface area contributed by atoms with Gasteiger partial charge in [-0.15, -0.1) is 21.5 Å². The van der Waals surface area contributed by atoms with Gasteiger partial charge in [-0.2, -0.15) is 0 Å². The van der Waals surface area contributed by atoms with Crippen LogP contribution in [-0.2, 0) is 4.74 Å². The third-order valence-corrected chi connectivity index (χ3v) is 7.08. The average molecular weight is 519 g/mol. The number of rotatable bonds is 10. The number of anilines is 1. The van der Waals surface area contributed by atoms with Crippen molar-refractivity contribution >= 4 is 40.8 Å². The van der Waals surface area contributed by atoms with E-state index in [0.29, 0.717) is 34.2 Å². The smallest absolute Gasteiger partial charge is 0.235 e. The Kier molecular flexibility index (Phi) is 7.93. The maximum absolute atomic E-state index is 5.92. The molecule has 0 spiro atoms. The average Bonchev–Trinajstić information content (AvgIpc) is 3.54. The minimum atomic E-state index is -0.357. The van der Waals surface area contributed by atoms with Crippen molar-refractivity contribution < 1.29 is 9.47 Å². The molecule has 0 radical (unpaired) electrons. The molecule has 0 saturated carbocycles. The van der Waals surface area contributed by atoms with Crippen LogP contribution in [0.2, 0.25) is 5.02 Å². The highest BCUT2D eigenvalue weighted by Gasteiger charge is 2.26. The summed E-state index contributed by atoms with van der Waals surface area (Å²) >= 11 is 8.93. The number of aromatic nitrogens is 7. The molecule has 0 aromatic carbocycles. The van der Waals surface area contributed by atoms with E-state index in [-0.39, 0.29) is 17.4 Å². The molecule has 4 heterocycles. The third kappa shape index (κ3) is 5.30. The SMILES string of the molecule is COc1cccc(-c2nnc(NSC(C)C(OC)c3ncc(Cl)cn3)n2[C@@H](C)c2cncs2)n1. The van der Waals surface area contributed by atoms with E-state index in [4.69, 9.17) is 21.1 Å². The standard InChI is InChI=1S/C21H23ClN8O2S2/c1-12(16-10-23-11-33-16)30-20(15-6-5-7-17(26-15)31-3)27-28-21(30)29-34-13(2)18(32-4)19-24-8-14(22)9-25-19/h5-13,18H,1-4H3,(H,28,29)/t12-,13?,18?/m0/s1. The maximum Gasteiger partial charge on any atom is 0.235 e. The topological polar surface area (TPSA) is 113 Å².